The summed E-state index contributed by atoms with van der Waals surface area (Å²) in [6.45, 7) is 7.68. The molecule has 0 fully saturated rings. The van der Waals surface area contributed by atoms with E-state index in [0.717, 1.165) is 24.6 Å². The first-order chi connectivity index (χ1) is 9.79. The fourth-order valence-electron chi connectivity index (χ4n) is 2.03. The van der Waals surface area contributed by atoms with Crippen LogP contribution in [-0.2, 0) is 0 Å². The number of rotatable bonds is 7. The molecule has 1 atom stereocenters. The van der Waals surface area contributed by atoms with Gasteiger partial charge in [-0.2, -0.15) is 0 Å². The third kappa shape index (κ3) is 4.25. The molecule has 0 amide bonds. The zero-order valence-electron chi connectivity index (χ0n) is 11.9. The molecule has 1 unspecified atom stereocenters. The quantitative estimate of drug-likeness (QED) is 0.594. The van der Waals surface area contributed by atoms with Crippen molar-refractivity contribution in [2.24, 2.45) is 0 Å². The van der Waals surface area contributed by atoms with Crippen molar-refractivity contribution < 1.29 is 4.74 Å². The van der Waals surface area contributed by atoms with E-state index in [0.29, 0.717) is 5.92 Å². The maximum Gasteiger partial charge on any atom is 0.127 e. The molecule has 0 aromatic heterocycles. The van der Waals surface area contributed by atoms with E-state index >= 15 is 0 Å². The van der Waals surface area contributed by atoms with Gasteiger partial charge in [-0.05, 0) is 35.7 Å². The van der Waals surface area contributed by atoms with Gasteiger partial charge < -0.3 is 10.1 Å². The zero-order valence-corrected chi connectivity index (χ0v) is 11.9. The maximum absolute atomic E-state index is 5.86. The molecule has 2 aromatic carbocycles. The Morgan fingerprint density at radius 2 is 1.85 bits per heavy atom. The van der Waals surface area contributed by atoms with Crippen LogP contribution in [0.4, 0.5) is 0 Å². The molecule has 2 aromatic rings. The van der Waals surface area contributed by atoms with Gasteiger partial charge >= 0.3 is 0 Å². The standard InChI is InChI=1S/C18H21NO/c1-3-12-19-14-15(2)16-8-7-11-18(13-16)20-17-9-5-4-6-10-17/h3-11,13,15,19H,1,12,14H2,2H3. The molecule has 0 aliphatic rings. The molecule has 1 N–H and O–H groups in total. The summed E-state index contributed by atoms with van der Waals surface area (Å²) in [6, 6.07) is 18.1. The van der Waals surface area contributed by atoms with Gasteiger partial charge in [0, 0.05) is 13.1 Å². The molecule has 0 saturated heterocycles. The third-order valence-electron chi connectivity index (χ3n) is 3.15. The molecule has 2 rings (SSSR count). The Kier molecular flexibility index (Phi) is 5.39. The van der Waals surface area contributed by atoms with Crippen LogP contribution >= 0.6 is 0 Å². The molecule has 20 heavy (non-hydrogen) atoms. The molecule has 0 saturated carbocycles. The summed E-state index contributed by atoms with van der Waals surface area (Å²) in [5, 5.41) is 3.34. The van der Waals surface area contributed by atoms with Gasteiger partial charge in [0.05, 0.1) is 0 Å². The van der Waals surface area contributed by atoms with Crippen molar-refractivity contribution in [3.05, 3.63) is 72.8 Å². The predicted molar refractivity (Wildman–Crippen MR) is 84.4 cm³/mol. The van der Waals surface area contributed by atoms with E-state index in [2.05, 4.69) is 31.0 Å². The predicted octanol–water partition coefficient (Wildman–Crippen LogP) is 4.36. The van der Waals surface area contributed by atoms with E-state index in [1.54, 1.807) is 0 Å². The summed E-state index contributed by atoms with van der Waals surface area (Å²) in [5.74, 6) is 2.18. The molecule has 0 aliphatic heterocycles. The molecule has 0 radical (unpaired) electrons. The van der Waals surface area contributed by atoms with Gasteiger partial charge in [0.15, 0.2) is 0 Å². The van der Waals surface area contributed by atoms with E-state index in [1.165, 1.54) is 5.56 Å². The van der Waals surface area contributed by atoms with Crippen molar-refractivity contribution in [2.45, 2.75) is 12.8 Å². The average Bonchev–Trinajstić information content (AvgIpc) is 2.49. The van der Waals surface area contributed by atoms with Gasteiger partial charge in [0.1, 0.15) is 11.5 Å². The van der Waals surface area contributed by atoms with Crippen LogP contribution in [0.2, 0.25) is 0 Å². The molecule has 0 heterocycles. The Labute approximate surface area is 121 Å². The van der Waals surface area contributed by atoms with Crippen LogP contribution in [0, 0.1) is 0 Å². The highest BCUT2D eigenvalue weighted by molar-refractivity contribution is 5.35. The molecule has 0 aliphatic carbocycles. The second-order valence-electron chi connectivity index (χ2n) is 4.84. The van der Waals surface area contributed by atoms with E-state index in [1.807, 2.05) is 48.5 Å². The van der Waals surface area contributed by atoms with Gasteiger partial charge in [0.25, 0.3) is 0 Å². The highest BCUT2D eigenvalue weighted by Gasteiger charge is 2.06. The number of ether oxygens (including phenoxy) is 1. The van der Waals surface area contributed by atoms with Gasteiger partial charge in [0.2, 0.25) is 0 Å². The van der Waals surface area contributed by atoms with Crippen LogP contribution in [0.3, 0.4) is 0 Å². The molecule has 0 spiro atoms. The van der Waals surface area contributed by atoms with Crippen LogP contribution in [-0.4, -0.2) is 13.1 Å². The zero-order chi connectivity index (χ0) is 14.2. The molecule has 0 bridgehead atoms. The normalized spacial score (nSPS) is 11.8. The van der Waals surface area contributed by atoms with Crippen molar-refractivity contribution in [2.75, 3.05) is 13.1 Å². The number of para-hydroxylation sites is 1. The Morgan fingerprint density at radius 1 is 1.10 bits per heavy atom. The van der Waals surface area contributed by atoms with Crippen LogP contribution < -0.4 is 10.1 Å². The van der Waals surface area contributed by atoms with Gasteiger partial charge in [-0.25, -0.2) is 0 Å². The number of nitrogens with one attached hydrogen (secondary N) is 1. The van der Waals surface area contributed by atoms with E-state index in [9.17, 15) is 0 Å². The summed E-state index contributed by atoms with van der Waals surface area (Å²) in [4.78, 5) is 0. The van der Waals surface area contributed by atoms with Crippen molar-refractivity contribution in [3.8, 4) is 11.5 Å². The number of benzene rings is 2. The van der Waals surface area contributed by atoms with E-state index in [-0.39, 0.29) is 0 Å². The molecule has 2 heteroatoms. The maximum atomic E-state index is 5.86. The molecular formula is C18H21NO. The van der Waals surface area contributed by atoms with Gasteiger partial charge in [-0.15, -0.1) is 6.58 Å². The smallest absolute Gasteiger partial charge is 0.127 e. The van der Waals surface area contributed by atoms with Crippen molar-refractivity contribution >= 4 is 0 Å². The Bertz CT molecular complexity index is 536. The lowest BCUT2D eigenvalue weighted by Crippen LogP contribution is -2.19. The minimum atomic E-state index is 0.439. The summed E-state index contributed by atoms with van der Waals surface area (Å²) < 4.78 is 5.86. The highest BCUT2D eigenvalue weighted by atomic mass is 16.5. The van der Waals surface area contributed by atoms with Gasteiger partial charge in [-0.1, -0.05) is 43.3 Å². The Balaban J connectivity index is 2.02. The third-order valence-corrected chi connectivity index (χ3v) is 3.15. The second kappa shape index (κ2) is 7.51. The summed E-state index contributed by atoms with van der Waals surface area (Å²) in [7, 11) is 0. The van der Waals surface area contributed by atoms with Crippen LogP contribution in [0.15, 0.2) is 67.3 Å². The Hall–Kier alpha value is -2.06. The minimum absolute atomic E-state index is 0.439. The number of hydrogen-bond acceptors (Lipinski definition) is 2. The highest BCUT2D eigenvalue weighted by Crippen LogP contribution is 2.24. The SMILES string of the molecule is C=CCNCC(C)c1cccc(Oc2ccccc2)c1. The van der Waals surface area contributed by atoms with Gasteiger partial charge in [-0.3, -0.25) is 0 Å². The first-order valence-electron chi connectivity index (χ1n) is 6.94. The average molecular weight is 267 g/mol. The first-order valence-corrected chi connectivity index (χ1v) is 6.94. The monoisotopic (exact) mass is 267 g/mol. The van der Waals surface area contributed by atoms with Crippen molar-refractivity contribution in [3.63, 3.8) is 0 Å². The lowest BCUT2D eigenvalue weighted by molar-refractivity contribution is 0.481. The molecule has 104 valence electrons. The largest absolute Gasteiger partial charge is 0.457 e. The van der Waals surface area contributed by atoms with Crippen molar-refractivity contribution in [1.82, 2.24) is 5.32 Å². The van der Waals surface area contributed by atoms with Crippen LogP contribution in [0.5, 0.6) is 11.5 Å². The van der Waals surface area contributed by atoms with Crippen LogP contribution in [0.1, 0.15) is 18.4 Å². The molecular weight excluding hydrogens is 246 g/mol. The number of hydrogen-bond donors (Lipinski definition) is 1. The fourth-order valence-corrected chi connectivity index (χ4v) is 2.03. The van der Waals surface area contributed by atoms with Crippen molar-refractivity contribution in [1.29, 1.82) is 0 Å². The second-order valence-corrected chi connectivity index (χ2v) is 4.84. The summed E-state index contributed by atoms with van der Waals surface area (Å²) in [6.07, 6.45) is 1.88. The molecule has 2 nitrogen and oxygen atoms in total. The fraction of sp³-hybridized carbons (Fsp3) is 0.222. The lowest BCUT2D eigenvalue weighted by Gasteiger charge is -2.14. The van der Waals surface area contributed by atoms with E-state index in [4.69, 9.17) is 4.74 Å². The Morgan fingerprint density at radius 3 is 2.60 bits per heavy atom. The van der Waals surface area contributed by atoms with E-state index < -0.39 is 0 Å². The minimum Gasteiger partial charge on any atom is -0.457 e. The summed E-state index contributed by atoms with van der Waals surface area (Å²) in [5.41, 5.74) is 1.27. The lowest BCUT2D eigenvalue weighted by atomic mass is 10.0. The summed E-state index contributed by atoms with van der Waals surface area (Å²) >= 11 is 0. The topological polar surface area (TPSA) is 21.3 Å². The van der Waals surface area contributed by atoms with Crippen LogP contribution in [0.25, 0.3) is 0 Å². The first kappa shape index (κ1) is 14.4.